The zero-order valence-electron chi connectivity index (χ0n) is 16.2. The van der Waals surface area contributed by atoms with Crippen LogP contribution < -0.4 is 10.6 Å². The second-order valence-corrected chi connectivity index (χ2v) is 9.57. The second kappa shape index (κ2) is 7.66. The van der Waals surface area contributed by atoms with Gasteiger partial charge in [-0.1, -0.05) is 75.5 Å². The summed E-state index contributed by atoms with van der Waals surface area (Å²) in [5.41, 5.74) is 2.09. The lowest BCUT2D eigenvalue weighted by Crippen LogP contribution is -2.56. The molecule has 156 valence electrons. The maximum atomic E-state index is 13.8. The Balaban J connectivity index is 1.83. The molecule has 31 heavy (non-hydrogen) atoms. The van der Waals surface area contributed by atoms with Crippen molar-refractivity contribution >= 4 is 56.6 Å². The first-order valence-corrected chi connectivity index (χ1v) is 11.4. The van der Waals surface area contributed by atoms with Gasteiger partial charge in [0.05, 0.1) is 6.04 Å². The van der Waals surface area contributed by atoms with E-state index in [-0.39, 0.29) is 18.2 Å². The minimum absolute atomic E-state index is 0.119. The lowest BCUT2D eigenvalue weighted by molar-refractivity contribution is -0.131. The van der Waals surface area contributed by atoms with Gasteiger partial charge in [0.15, 0.2) is 0 Å². The highest BCUT2D eigenvalue weighted by atomic mass is 79.9. The average Bonchev–Trinajstić information content (AvgIpc) is 3.01. The van der Waals surface area contributed by atoms with Gasteiger partial charge in [-0.25, -0.2) is 0 Å². The van der Waals surface area contributed by atoms with Crippen LogP contribution in [0.25, 0.3) is 0 Å². The number of anilines is 1. The first-order chi connectivity index (χ1) is 14.9. The molecule has 7 heteroatoms. The van der Waals surface area contributed by atoms with E-state index in [4.69, 9.17) is 23.2 Å². The summed E-state index contributed by atoms with van der Waals surface area (Å²) in [7, 11) is 0. The molecule has 1 saturated heterocycles. The van der Waals surface area contributed by atoms with Crippen molar-refractivity contribution in [1.82, 2.24) is 5.32 Å². The van der Waals surface area contributed by atoms with E-state index in [1.807, 2.05) is 48.5 Å². The fourth-order valence-electron chi connectivity index (χ4n) is 4.98. The molecule has 3 atom stereocenters. The minimum atomic E-state index is -1.07. The van der Waals surface area contributed by atoms with Gasteiger partial charge >= 0.3 is 0 Å². The topological polar surface area (TPSA) is 58.2 Å². The summed E-state index contributed by atoms with van der Waals surface area (Å²) in [5.74, 6) is -0.707. The Kier molecular flexibility index (Phi) is 5.08. The second-order valence-electron chi connectivity index (χ2n) is 7.85. The molecule has 2 aliphatic rings. The molecule has 2 heterocycles. The van der Waals surface area contributed by atoms with Crippen molar-refractivity contribution in [1.29, 1.82) is 0 Å². The normalized spacial score (nSPS) is 24.6. The number of rotatable bonds is 2. The van der Waals surface area contributed by atoms with Crippen molar-refractivity contribution in [2.45, 2.75) is 23.8 Å². The third-order valence-electron chi connectivity index (χ3n) is 6.22. The molecule has 1 spiro atoms. The summed E-state index contributed by atoms with van der Waals surface area (Å²) in [4.78, 5) is 26.8. The summed E-state index contributed by atoms with van der Waals surface area (Å²) in [6.07, 6.45) is 0.163. The van der Waals surface area contributed by atoms with E-state index in [1.54, 1.807) is 18.2 Å². The summed E-state index contributed by atoms with van der Waals surface area (Å²) >= 11 is 16.2. The number of hydrogen-bond donors (Lipinski definition) is 2. The molecule has 4 nitrogen and oxygen atoms in total. The van der Waals surface area contributed by atoms with Crippen LogP contribution in [0.2, 0.25) is 10.0 Å². The van der Waals surface area contributed by atoms with Crippen molar-refractivity contribution in [3.05, 3.63) is 97.9 Å². The molecule has 2 amide bonds. The Hall–Kier alpha value is -2.34. The largest absolute Gasteiger partial charge is 0.348 e. The molecular weight excluding hydrogens is 499 g/mol. The number of carbonyl (C=O) groups excluding carboxylic acids is 2. The van der Waals surface area contributed by atoms with Gasteiger partial charge < -0.3 is 10.6 Å². The van der Waals surface area contributed by atoms with Crippen molar-refractivity contribution in [3.63, 3.8) is 0 Å². The van der Waals surface area contributed by atoms with Gasteiger partial charge in [-0.05, 0) is 47.0 Å². The number of carbonyl (C=O) groups is 2. The standard InChI is InChI=1S/C24H17BrCl2N2O2/c25-19-7-2-1-6-16(19)22-24(17-9-8-15(27)11-20(17)28-23(24)31)18(12-21(30)29-22)13-4-3-5-14(26)10-13/h1-11,18,22H,12H2,(H,28,31)(H,29,30). The Morgan fingerprint density at radius 1 is 0.935 bits per heavy atom. The van der Waals surface area contributed by atoms with Crippen LogP contribution in [-0.2, 0) is 15.0 Å². The minimum Gasteiger partial charge on any atom is -0.348 e. The van der Waals surface area contributed by atoms with Crippen LogP contribution in [0.1, 0.15) is 35.1 Å². The Morgan fingerprint density at radius 2 is 1.71 bits per heavy atom. The van der Waals surface area contributed by atoms with Crippen LogP contribution in [0, 0.1) is 0 Å². The van der Waals surface area contributed by atoms with E-state index in [9.17, 15) is 9.59 Å². The summed E-state index contributed by atoms with van der Waals surface area (Å²) in [6.45, 7) is 0. The molecule has 5 rings (SSSR count). The van der Waals surface area contributed by atoms with Gasteiger partial charge in [0, 0.05) is 32.5 Å². The molecule has 2 aliphatic heterocycles. The fourth-order valence-corrected chi connectivity index (χ4v) is 5.86. The summed E-state index contributed by atoms with van der Waals surface area (Å²) in [5, 5.41) is 7.23. The molecule has 0 aromatic heterocycles. The Morgan fingerprint density at radius 3 is 2.48 bits per heavy atom. The van der Waals surface area contributed by atoms with Crippen LogP contribution in [-0.4, -0.2) is 11.8 Å². The first-order valence-electron chi connectivity index (χ1n) is 9.82. The van der Waals surface area contributed by atoms with Gasteiger partial charge in [-0.15, -0.1) is 0 Å². The molecule has 0 aliphatic carbocycles. The van der Waals surface area contributed by atoms with Gasteiger partial charge in [-0.2, -0.15) is 0 Å². The molecule has 0 bridgehead atoms. The number of halogens is 3. The van der Waals surface area contributed by atoms with E-state index >= 15 is 0 Å². The Bertz CT molecular complexity index is 1230. The lowest BCUT2D eigenvalue weighted by atomic mass is 9.59. The van der Waals surface area contributed by atoms with Gasteiger partial charge in [-0.3, -0.25) is 9.59 Å². The van der Waals surface area contributed by atoms with Crippen LogP contribution in [0.15, 0.2) is 71.2 Å². The maximum absolute atomic E-state index is 13.8. The molecule has 2 N–H and O–H groups in total. The predicted octanol–water partition coefficient (Wildman–Crippen LogP) is 5.99. The van der Waals surface area contributed by atoms with E-state index in [1.165, 1.54) is 0 Å². The third-order valence-corrected chi connectivity index (χ3v) is 7.41. The number of amides is 2. The average molecular weight is 516 g/mol. The van der Waals surface area contributed by atoms with E-state index in [2.05, 4.69) is 26.6 Å². The Labute approximate surface area is 198 Å². The maximum Gasteiger partial charge on any atom is 0.238 e. The third kappa shape index (κ3) is 3.18. The highest BCUT2D eigenvalue weighted by Crippen LogP contribution is 2.58. The summed E-state index contributed by atoms with van der Waals surface area (Å²) in [6, 6.07) is 19.9. The number of hydrogen-bond acceptors (Lipinski definition) is 2. The monoisotopic (exact) mass is 514 g/mol. The number of nitrogens with one attached hydrogen (secondary N) is 2. The molecule has 3 aromatic carbocycles. The van der Waals surface area contributed by atoms with Gasteiger partial charge in [0.25, 0.3) is 0 Å². The molecule has 3 unspecified atom stereocenters. The van der Waals surface area contributed by atoms with Gasteiger partial charge in [0.1, 0.15) is 5.41 Å². The zero-order valence-corrected chi connectivity index (χ0v) is 19.3. The van der Waals surface area contributed by atoms with Crippen molar-refractivity contribution < 1.29 is 9.59 Å². The zero-order chi connectivity index (χ0) is 21.8. The van der Waals surface area contributed by atoms with Crippen LogP contribution in [0.5, 0.6) is 0 Å². The molecule has 1 fully saturated rings. The van der Waals surface area contributed by atoms with Crippen molar-refractivity contribution in [3.8, 4) is 0 Å². The lowest BCUT2D eigenvalue weighted by Gasteiger charge is -2.46. The van der Waals surface area contributed by atoms with E-state index in [0.717, 1.165) is 21.2 Å². The van der Waals surface area contributed by atoms with Crippen LogP contribution >= 0.6 is 39.1 Å². The van der Waals surface area contributed by atoms with Crippen LogP contribution in [0.4, 0.5) is 5.69 Å². The number of fused-ring (bicyclic) bond motifs is 2. The highest BCUT2D eigenvalue weighted by molar-refractivity contribution is 9.10. The van der Waals surface area contributed by atoms with Crippen molar-refractivity contribution in [2.24, 2.45) is 0 Å². The molecule has 0 radical (unpaired) electrons. The molecule has 0 saturated carbocycles. The van der Waals surface area contributed by atoms with Crippen LogP contribution in [0.3, 0.4) is 0 Å². The quantitative estimate of drug-likeness (QED) is 0.440. The highest BCUT2D eigenvalue weighted by Gasteiger charge is 2.61. The van der Waals surface area contributed by atoms with Gasteiger partial charge in [0.2, 0.25) is 11.8 Å². The summed E-state index contributed by atoms with van der Waals surface area (Å²) < 4.78 is 0.821. The fraction of sp³-hybridized carbons (Fsp3) is 0.167. The molecule has 3 aromatic rings. The van der Waals surface area contributed by atoms with E-state index in [0.29, 0.717) is 15.7 Å². The number of piperidine rings is 1. The molecular formula is C24H17BrCl2N2O2. The first kappa shape index (κ1) is 20.6. The predicted molar refractivity (Wildman–Crippen MR) is 126 cm³/mol. The van der Waals surface area contributed by atoms with E-state index < -0.39 is 17.4 Å². The smallest absolute Gasteiger partial charge is 0.238 e. The van der Waals surface area contributed by atoms with Crippen molar-refractivity contribution in [2.75, 3.05) is 5.32 Å². The SMILES string of the molecule is O=C1CC(c2cccc(Cl)c2)C2(C(=O)Nc3cc(Cl)ccc32)C(c2ccccc2Br)N1. The number of benzene rings is 3.